The molecule has 15 heteroatoms. The summed E-state index contributed by atoms with van der Waals surface area (Å²) in [6, 6.07) is 39.0. The fourth-order valence-corrected chi connectivity index (χ4v) is 7.63. The summed E-state index contributed by atoms with van der Waals surface area (Å²) in [5.41, 5.74) is 4.59. The normalized spacial score (nSPS) is 15.0. The summed E-state index contributed by atoms with van der Waals surface area (Å²) in [4.78, 5) is 21.9. The van der Waals surface area contributed by atoms with E-state index in [4.69, 9.17) is 9.05 Å². The van der Waals surface area contributed by atoms with Crippen molar-refractivity contribution in [3.8, 4) is 0 Å². The predicted molar refractivity (Wildman–Crippen MR) is 202 cm³/mol. The van der Waals surface area contributed by atoms with E-state index in [0.717, 1.165) is 0 Å². The Bertz CT molecular complexity index is 1830. The molecule has 5 rings (SSSR count). The third-order valence-corrected chi connectivity index (χ3v) is 10.7. The minimum absolute atomic E-state index is 0. The molecule has 4 atom stereocenters. The fraction of sp³-hybridized carbons (Fsp3) is 0.167. The smallest absolute Gasteiger partial charge is 0.354 e. The van der Waals surface area contributed by atoms with Gasteiger partial charge in [0.1, 0.15) is 0 Å². The van der Waals surface area contributed by atoms with E-state index in [1.165, 1.54) is 0 Å². The third kappa shape index (κ3) is 11.6. The number of hydrogen-bond donors (Lipinski definition) is 4. The molecule has 1 radical (unpaired) electrons. The second-order valence-corrected chi connectivity index (χ2v) is 14.7. The van der Waals surface area contributed by atoms with Crippen molar-refractivity contribution < 1.29 is 28.0 Å². The Morgan fingerprint density at radius 1 is 0.510 bits per heavy atom. The zero-order chi connectivity index (χ0) is 35.4. The third-order valence-electron chi connectivity index (χ3n) is 7.26. The van der Waals surface area contributed by atoms with Gasteiger partial charge in [-0.15, -0.1) is 0 Å². The van der Waals surface area contributed by atoms with E-state index in [0.29, 0.717) is 45.3 Å². The molecule has 4 unspecified atom stereocenters. The van der Waals surface area contributed by atoms with Crippen LogP contribution in [0.5, 0.6) is 0 Å². The van der Waals surface area contributed by atoms with Gasteiger partial charge in [0.2, 0.25) is 0 Å². The van der Waals surface area contributed by atoms with E-state index in [-0.39, 0.29) is 42.8 Å². The van der Waals surface area contributed by atoms with E-state index in [2.05, 4.69) is 31.1 Å². The summed E-state index contributed by atoms with van der Waals surface area (Å²) in [5, 5.41) is 23.2. The number of nitrogens with one attached hydrogen (secondary N) is 2. The summed E-state index contributed by atoms with van der Waals surface area (Å²) in [6.07, 6.45) is 0. The molecule has 5 aromatic carbocycles. The Hall–Kier alpha value is -3.80. The van der Waals surface area contributed by atoms with Gasteiger partial charge >= 0.3 is 15.2 Å². The topological polar surface area (TPSA) is 167 Å². The SMILES string of the molecule is CCOP(=O)(O)C(Nc1ccc(N=Nc2ccccc2)cc1)c1ccc(C(Nc2ccc(N=Nc3ccccc3)cc2)P(=O)(O)OCC)cc1.[Na]. The minimum Gasteiger partial charge on any atom is -0.368 e. The van der Waals surface area contributed by atoms with Gasteiger partial charge in [-0.3, -0.25) is 9.13 Å². The molecule has 259 valence electrons. The Morgan fingerprint density at radius 2 is 0.804 bits per heavy atom. The number of nitrogens with zero attached hydrogens (tertiary/aromatic N) is 4. The molecule has 0 heterocycles. The molecule has 0 bridgehead atoms. The van der Waals surface area contributed by atoms with Gasteiger partial charge in [-0.2, -0.15) is 20.5 Å². The second-order valence-electron chi connectivity index (χ2n) is 10.9. The van der Waals surface area contributed by atoms with Gasteiger partial charge < -0.3 is 29.5 Å². The fourth-order valence-electron chi connectivity index (χ4n) is 4.87. The van der Waals surface area contributed by atoms with Gasteiger partial charge in [0.15, 0.2) is 11.6 Å². The van der Waals surface area contributed by atoms with Crippen molar-refractivity contribution in [1.82, 2.24) is 0 Å². The molecular weight excluding hydrogens is 697 g/mol. The van der Waals surface area contributed by atoms with Crippen molar-refractivity contribution >= 4 is 78.9 Å². The molecule has 0 fully saturated rings. The van der Waals surface area contributed by atoms with Crippen LogP contribution in [-0.4, -0.2) is 52.6 Å². The monoisotopic (exact) mass is 735 g/mol. The minimum atomic E-state index is -4.24. The van der Waals surface area contributed by atoms with Crippen molar-refractivity contribution in [2.45, 2.75) is 25.4 Å². The maximum atomic E-state index is 13.4. The predicted octanol–water partition coefficient (Wildman–Crippen LogP) is 10.8. The Labute approximate surface area is 319 Å². The van der Waals surface area contributed by atoms with Gasteiger partial charge in [0.25, 0.3) is 0 Å². The number of rotatable bonds is 16. The summed E-state index contributed by atoms with van der Waals surface area (Å²) < 4.78 is 37.4. The van der Waals surface area contributed by atoms with Gasteiger partial charge in [0.05, 0.1) is 36.0 Å². The van der Waals surface area contributed by atoms with Gasteiger partial charge in [-0.25, -0.2) is 0 Å². The van der Waals surface area contributed by atoms with Crippen LogP contribution in [0.25, 0.3) is 0 Å². The molecule has 5 aromatic rings. The first-order valence-electron chi connectivity index (χ1n) is 15.9. The molecule has 4 N–H and O–H groups in total. The molecule has 51 heavy (non-hydrogen) atoms. The average Bonchev–Trinajstić information content (AvgIpc) is 3.13. The van der Waals surface area contributed by atoms with E-state index < -0.39 is 26.8 Å². The maximum absolute atomic E-state index is 13.4. The van der Waals surface area contributed by atoms with Crippen molar-refractivity contribution in [3.05, 3.63) is 145 Å². The van der Waals surface area contributed by atoms with Crippen LogP contribution in [0.4, 0.5) is 34.1 Å². The van der Waals surface area contributed by atoms with Crippen LogP contribution in [0.3, 0.4) is 0 Å². The van der Waals surface area contributed by atoms with Crippen LogP contribution in [0.15, 0.2) is 154 Å². The maximum Gasteiger partial charge on any atom is 0.354 e. The van der Waals surface area contributed by atoms with Crippen LogP contribution in [0.1, 0.15) is 36.5 Å². The Balaban J connectivity index is 0.00000583. The quantitative estimate of drug-likeness (QED) is 0.0441. The summed E-state index contributed by atoms with van der Waals surface area (Å²) in [5.74, 6) is -2.30. The standard InChI is InChI=1S/C36H38N6O6P2.Na/c1-3-47-49(43,44)35(37-29-19-23-33(24-20-29)41-39-31-11-7-5-8-12-31)27-15-17-28(18-16-27)36(50(45,46)48-4-2)38-30-21-25-34(26-22-30)42-40-32-13-9-6-10-14-32;/h5-26,35-38H,3-4H2,1-2H3,(H,43,44)(H,45,46);. The number of hydrogen-bond acceptors (Lipinski definition) is 10. The summed E-state index contributed by atoms with van der Waals surface area (Å²) in [6.45, 7) is 3.31. The number of anilines is 2. The van der Waals surface area contributed by atoms with E-state index >= 15 is 0 Å². The molecule has 0 aromatic heterocycles. The molecule has 0 aliphatic carbocycles. The molecule has 0 aliphatic heterocycles. The Kier molecular flexibility index (Phi) is 15.0. The van der Waals surface area contributed by atoms with Crippen LogP contribution < -0.4 is 10.6 Å². The molecule has 12 nitrogen and oxygen atoms in total. The van der Waals surface area contributed by atoms with E-state index in [1.54, 1.807) is 86.6 Å². The zero-order valence-corrected chi connectivity index (χ0v) is 32.3. The summed E-state index contributed by atoms with van der Waals surface area (Å²) >= 11 is 0. The van der Waals surface area contributed by atoms with Crippen molar-refractivity contribution in [2.75, 3.05) is 23.8 Å². The van der Waals surface area contributed by atoms with Gasteiger partial charge in [-0.1, -0.05) is 60.7 Å². The first-order valence-corrected chi connectivity index (χ1v) is 19.2. The first-order chi connectivity index (χ1) is 24.2. The van der Waals surface area contributed by atoms with E-state index in [1.807, 2.05) is 60.7 Å². The van der Waals surface area contributed by atoms with Gasteiger partial charge in [-0.05, 0) is 97.8 Å². The van der Waals surface area contributed by atoms with Crippen LogP contribution in [0, 0.1) is 0 Å². The largest absolute Gasteiger partial charge is 0.368 e. The van der Waals surface area contributed by atoms with E-state index in [9.17, 15) is 18.9 Å². The van der Waals surface area contributed by atoms with Crippen LogP contribution >= 0.6 is 15.2 Å². The number of azo groups is 2. The average molecular weight is 736 g/mol. The number of benzene rings is 5. The van der Waals surface area contributed by atoms with Crippen LogP contribution in [0.2, 0.25) is 0 Å². The van der Waals surface area contributed by atoms with Crippen molar-refractivity contribution in [2.24, 2.45) is 20.5 Å². The van der Waals surface area contributed by atoms with Crippen LogP contribution in [-0.2, 0) is 18.2 Å². The van der Waals surface area contributed by atoms with Crippen molar-refractivity contribution in [1.29, 1.82) is 0 Å². The second kappa shape index (κ2) is 19.2. The molecule has 0 spiro atoms. The van der Waals surface area contributed by atoms with Gasteiger partial charge in [0, 0.05) is 40.9 Å². The Morgan fingerprint density at radius 3 is 1.10 bits per heavy atom. The van der Waals surface area contributed by atoms with Crippen molar-refractivity contribution in [3.63, 3.8) is 0 Å². The first kappa shape index (κ1) is 40.0. The zero-order valence-electron chi connectivity index (χ0n) is 28.5. The summed E-state index contributed by atoms with van der Waals surface area (Å²) in [7, 11) is -8.47. The molecular formula is C36H38N6NaO6P2. The molecule has 0 saturated heterocycles. The molecule has 0 amide bonds. The molecule has 0 saturated carbocycles. The molecule has 0 aliphatic rings.